The van der Waals surface area contributed by atoms with E-state index in [0.29, 0.717) is 22.6 Å². The van der Waals surface area contributed by atoms with Crippen molar-refractivity contribution in [3.05, 3.63) is 77.9 Å². The summed E-state index contributed by atoms with van der Waals surface area (Å²) in [6.45, 7) is 3.50. The second-order valence-electron chi connectivity index (χ2n) is 7.45. The van der Waals surface area contributed by atoms with Crippen LogP contribution >= 0.6 is 0 Å². The minimum Gasteiger partial charge on any atom is -0.497 e. The lowest BCUT2D eigenvalue weighted by atomic mass is 10.2. The number of H-pyrrole nitrogens is 1. The van der Waals surface area contributed by atoms with Gasteiger partial charge in [0.25, 0.3) is 5.91 Å². The monoisotopic (exact) mass is 429 g/mol. The number of benzene rings is 3. The molecule has 1 atom stereocenters. The summed E-state index contributed by atoms with van der Waals surface area (Å²) in [7, 11) is 1.61. The summed E-state index contributed by atoms with van der Waals surface area (Å²) in [5.74, 6) is 0.458. The van der Waals surface area contributed by atoms with Crippen LogP contribution in [0.5, 0.6) is 5.75 Å². The minimum atomic E-state index is -0.948. The lowest BCUT2D eigenvalue weighted by Crippen LogP contribution is -2.30. The number of imidazole rings is 1. The molecule has 1 heterocycles. The van der Waals surface area contributed by atoms with Gasteiger partial charge in [0, 0.05) is 11.3 Å². The zero-order chi connectivity index (χ0) is 22.7. The Morgan fingerprint density at radius 3 is 2.41 bits per heavy atom. The number of methoxy groups -OCH3 is 1. The first kappa shape index (κ1) is 21.1. The van der Waals surface area contributed by atoms with Crippen LogP contribution in [0.3, 0.4) is 0 Å². The lowest BCUT2D eigenvalue weighted by Gasteiger charge is -2.13. The van der Waals surface area contributed by atoms with Gasteiger partial charge in [-0.05, 0) is 68.4 Å². The zero-order valence-electron chi connectivity index (χ0n) is 18.0. The van der Waals surface area contributed by atoms with Crippen molar-refractivity contribution in [3.63, 3.8) is 0 Å². The number of ether oxygens (including phenoxy) is 2. The number of aromatic amines is 1. The number of carbonyl (C=O) groups is 2. The Labute approximate surface area is 185 Å². The molecule has 0 bridgehead atoms. The predicted octanol–water partition coefficient (Wildman–Crippen LogP) is 4.73. The topological polar surface area (TPSA) is 93.3 Å². The molecular weight excluding hydrogens is 406 g/mol. The average Bonchev–Trinajstić information content (AvgIpc) is 3.24. The first-order valence-corrected chi connectivity index (χ1v) is 10.2. The fourth-order valence-electron chi connectivity index (χ4n) is 3.19. The van der Waals surface area contributed by atoms with Crippen molar-refractivity contribution in [2.24, 2.45) is 0 Å². The van der Waals surface area contributed by atoms with Crippen molar-refractivity contribution in [2.75, 3.05) is 12.4 Å². The van der Waals surface area contributed by atoms with Crippen LogP contribution in [0.25, 0.3) is 22.4 Å². The fourth-order valence-corrected chi connectivity index (χ4v) is 3.19. The number of aryl methyl sites for hydroxylation is 1. The standard InChI is InChI=1S/C25H23N3O4/c1-15-4-9-19(10-5-15)26-24(29)16(2)32-25(30)18-8-13-21-22(14-18)28-23(27-21)17-6-11-20(31-3)12-7-17/h4-14,16H,1-3H3,(H,26,29)(H,27,28). The third kappa shape index (κ3) is 4.62. The number of anilines is 1. The van der Waals surface area contributed by atoms with Gasteiger partial charge in [-0.1, -0.05) is 17.7 Å². The molecule has 0 aliphatic heterocycles. The molecule has 0 fully saturated rings. The summed E-state index contributed by atoms with van der Waals surface area (Å²) in [5.41, 5.74) is 4.38. The van der Waals surface area contributed by atoms with Crippen molar-refractivity contribution < 1.29 is 19.1 Å². The zero-order valence-corrected chi connectivity index (χ0v) is 18.0. The van der Waals surface area contributed by atoms with Crippen LogP contribution in [0.1, 0.15) is 22.8 Å². The molecule has 32 heavy (non-hydrogen) atoms. The van der Waals surface area contributed by atoms with Crippen molar-refractivity contribution in [2.45, 2.75) is 20.0 Å². The Morgan fingerprint density at radius 1 is 1.00 bits per heavy atom. The molecule has 1 amide bonds. The molecule has 4 rings (SSSR count). The summed E-state index contributed by atoms with van der Waals surface area (Å²) in [5, 5.41) is 2.74. The highest BCUT2D eigenvalue weighted by Gasteiger charge is 2.20. The minimum absolute atomic E-state index is 0.331. The Hall–Kier alpha value is -4.13. The number of fused-ring (bicyclic) bond motifs is 1. The maximum absolute atomic E-state index is 12.6. The van der Waals surface area contributed by atoms with Gasteiger partial charge < -0.3 is 19.8 Å². The summed E-state index contributed by atoms with van der Waals surface area (Å²) < 4.78 is 10.5. The smallest absolute Gasteiger partial charge is 0.338 e. The Morgan fingerprint density at radius 2 is 1.72 bits per heavy atom. The summed E-state index contributed by atoms with van der Waals surface area (Å²) in [6, 6.07) is 20.0. The second kappa shape index (κ2) is 8.93. The Kier molecular flexibility index (Phi) is 5.89. The van der Waals surface area contributed by atoms with Gasteiger partial charge in [-0.3, -0.25) is 4.79 Å². The lowest BCUT2D eigenvalue weighted by molar-refractivity contribution is -0.123. The maximum atomic E-state index is 12.6. The van der Waals surface area contributed by atoms with Crippen LogP contribution in [0.4, 0.5) is 5.69 Å². The van der Waals surface area contributed by atoms with Crippen molar-refractivity contribution in [3.8, 4) is 17.1 Å². The van der Waals surface area contributed by atoms with Crippen molar-refractivity contribution in [1.82, 2.24) is 9.97 Å². The molecule has 0 spiro atoms. The number of hydrogen-bond donors (Lipinski definition) is 2. The Bertz CT molecular complexity index is 1260. The van der Waals surface area contributed by atoms with E-state index < -0.39 is 18.0 Å². The van der Waals surface area contributed by atoms with E-state index in [1.165, 1.54) is 6.92 Å². The normalized spacial score (nSPS) is 11.7. The van der Waals surface area contributed by atoms with E-state index in [4.69, 9.17) is 9.47 Å². The molecule has 162 valence electrons. The SMILES string of the molecule is COc1ccc(-c2nc3ccc(C(=O)OC(C)C(=O)Nc4ccc(C)cc4)cc3[nH]2)cc1. The van der Waals surface area contributed by atoms with E-state index >= 15 is 0 Å². The second-order valence-corrected chi connectivity index (χ2v) is 7.45. The van der Waals surface area contributed by atoms with Crippen LogP contribution < -0.4 is 10.1 Å². The summed E-state index contributed by atoms with van der Waals surface area (Å²) in [4.78, 5) is 32.8. The molecule has 4 aromatic rings. The average molecular weight is 429 g/mol. The number of nitrogens with zero attached hydrogens (tertiary/aromatic N) is 1. The predicted molar refractivity (Wildman–Crippen MR) is 123 cm³/mol. The number of hydrogen-bond acceptors (Lipinski definition) is 5. The quantitative estimate of drug-likeness (QED) is 0.432. The highest BCUT2D eigenvalue weighted by Crippen LogP contribution is 2.24. The van der Waals surface area contributed by atoms with Crippen LogP contribution in [0.15, 0.2) is 66.7 Å². The highest BCUT2D eigenvalue weighted by atomic mass is 16.5. The first-order chi connectivity index (χ1) is 15.4. The van der Waals surface area contributed by atoms with E-state index in [2.05, 4.69) is 15.3 Å². The molecule has 7 nitrogen and oxygen atoms in total. The van der Waals surface area contributed by atoms with Gasteiger partial charge in [0.05, 0.1) is 23.7 Å². The van der Waals surface area contributed by atoms with Gasteiger partial charge >= 0.3 is 5.97 Å². The largest absolute Gasteiger partial charge is 0.497 e. The number of amides is 1. The first-order valence-electron chi connectivity index (χ1n) is 10.2. The molecule has 0 aliphatic carbocycles. The van der Waals surface area contributed by atoms with E-state index in [-0.39, 0.29) is 0 Å². The molecular formula is C25H23N3O4. The van der Waals surface area contributed by atoms with Crippen LogP contribution in [-0.4, -0.2) is 35.1 Å². The summed E-state index contributed by atoms with van der Waals surface area (Å²) >= 11 is 0. The molecule has 2 N–H and O–H groups in total. The summed E-state index contributed by atoms with van der Waals surface area (Å²) in [6.07, 6.45) is -0.948. The third-order valence-electron chi connectivity index (χ3n) is 5.05. The van der Waals surface area contributed by atoms with Crippen LogP contribution in [0, 0.1) is 6.92 Å². The molecule has 1 unspecified atom stereocenters. The number of nitrogens with one attached hydrogen (secondary N) is 2. The van der Waals surface area contributed by atoms with Gasteiger partial charge in [-0.15, -0.1) is 0 Å². The van der Waals surface area contributed by atoms with E-state index in [0.717, 1.165) is 22.4 Å². The van der Waals surface area contributed by atoms with Crippen molar-refractivity contribution in [1.29, 1.82) is 0 Å². The van der Waals surface area contributed by atoms with E-state index in [9.17, 15) is 9.59 Å². The molecule has 0 aliphatic rings. The number of rotatable bonds is 6. The molecule has 7 heteroatoms. The number of aromatic nitrogens is 2. The Balaban J connectivity index is 1.45. The molecule has 0 radical (unpaired) electrons. The molecule has 0 saturated heterocycles. The van der Waals surface area contributed by atoms with Crippen molar-refractivity contribution >= 4 is 28.6 Å². The van der Waals surface area contributed by atoms with Crippen LogP contribution in [0.2, 0.25) is 0 Å². The third-order valence-corrected chi connectivity index (χ3v) is 5.05. The molecule has 3 aromatic carbocycles. The van der Waals surface area contributed by atoms with Gasteiger partial charge in [-0.25, -0.2) is 9.78 Å². The van der Waals surface area contributed by atoms with E-state index in [1.54, 1.807) is 37.4 Å². The van der Waals surface area contributed by atoms with Gasteiger partial charge in [0.15, 0.2) is 6.10 Å². The number of carbonyl (C=O) groups excluding carboxylic acids is 2. The highest BCUT2D eigenvalue weighted by molar-refractivity contribution is 5.98. The molecule has 0 saturated carbocycles. The van der Waals surface area contributed by atoms with E-state index in [1.807, 2.05) is 43.3 Å². The van der Waals surface area contributed by atoms with Gasteiger partial charge in [0.2, 0.25) is 0 Å². The van der Waals surface area contributed by atoms with Crippen LogP contribution in [-0.2, 0) is 9.53 Å². The van der Waals surface area contributed by atoms with Gasteiger partial charge in [0.1, 0.15) is 11.6 Å². The molecule has 1 aromatic heterocycles. The maximum Gasteiger partial charge on any atom is 0.338 e. The van der Waals surface area contributed by atoms with Gasteiger partial charge in [-0.2, -0.15) is 0 Å². The number of esters is 1. The fraction of sp³-hybridized carbons (Fsp3) is 0.160.